The quantitative estimate of drug-likeness (QED) is 0.0457. The zero-order chi connectivity index (χ0) is 37.2. The number of carbonyl (C=O) groups excluding carboxylic acids is 4. The molecule has 17 nitrogen and oxygen atoms in total. The molecule has 4 rings (SSSR count). The Kier molecular flexibility index (Phi) is 11.1. The average Bonchev–Trinajstić information content (AvgIpc) is 3.47. The molecule has 50 heavy (non-hydrogen) atoms. The van der Waals surface area contributed by atoms with Gasteiger partial charge in [0, 0.05) is 41.1 Å². The molecule has 19 heteroatoms. The minimum Gasteiger partial charge on any atom is -0.503 e. The molecule has 2 aliphatic rings. The van der Waals surface area contributed by atoms with Gasteiger partial charge in [-0.15, -0.1) is 23.1 Å². The third-order valence-corrected chi connectivity index (χ3v) is 9.61. The van der Waals surface area contributed by atoms with Crippen LogP contribution in [0.1, 0.15) is 46.0 Å². The van der Waals surface area contributed by atoms with Gasteiger partial charge in [-0.05, 0) is 34.6 Å². The Hall–Kier alpha value is -4.75. The summed E-state index contributed by atoms with van der Waals surface area (Å²) in [5.74, 6) is -3.69. The van der Waals surface area contributed by atoms with Gasteiger partial charge in [-0.3, -0.25) is 24.1 Å². The molecule has 2 unspecified atom stereocenters. The Balaban J connectivity index is 1.52. The van der Waals surface area contributed by atoms with Crippen molar-refractivity contribution < 1.29 is 48.2 Å². The number of hydrogen-bond acceptors (Lipinski definition) is 13. The van der Waals surface area contributed by atoms with Crippen molar-refractivity contribution in [3.63, 3.8) is 0 Å². The van der Waals surface area contributed by atoms with Gasteiger partial charge in [-0.2, -0.15) is 0 Å². The van der Waals surface area contributed by atoms with Gasteiger partial charge in [-0.1, -0.05) is 5.16 Å². The third-order valence-electron chi connectivity index (χ3n) is 7.49. The van der Waals surface area contributed by atoms with E-state index in [2.05, 4.69) is 25.8 Å². The molecular weight excluding hydrogens is 695 g/mol. The number of carbonyl (C=O) groups is 5. The predicted octanol–water partition coefficient (Wildman–Crippen LogP) is 1.00. The summed E-state index contributed by atoms with van der Waals surface area (Å²) in [5.41, 5.74) is -2.40. The second-order valence-electron chi connectivity index (χ2n) is 13.7. The van der Waals surface area contributed by atoms with E-state index >= 15 is 0 Å². The number of aromatic hydroxyl groups is 1. The highest BCUT2D eigenvalue weighted by atomic mass is 32.2. The molecule has 270 valence electrons. The first kappa shape index (κ1) is 38.1. The number of aromatic nitrogens is 2. The second-order valence-corrected chi connectivity index (χ2v) is 15.7. The summed E-state index contributed by atoms with van der Waals surface area (Å²) >= 11 is 2.29. The third kappa shape index (κ3) is 8.88. The minimum atomic E-state index is -1.63. The SMILES string of the molecule is CC(C)(C)OC(=O)C(C)(C)O/N=C(/C(=O)NC1C(=O)N2C(C(=O)O)=C(C[N+](C)(C)CCc3cc(=O)c(O)c[nH]3)CSC12)c1csc(NC=O)n1. The number of carboxylic acids is 1. The maximum absolute atomic E-state index is 13.6. The fourth-order valence-corrected chi connectivity index (χ4v) is 6.98. The number of oxime groups is 1. The highest BCUT2D eigenvalue weighted by Crippen LogP contribution is 2.41. The first-order chi connectivity index (χ1) is 23.2. The Morgan fingerprint density at radius 1 is 1.22 bits per heavy atom. The molecule has 2 atom stereocenters. The van der Waals surface area contributed by atoms with Gasteiger partial charge in [0.2, 0.25) is 17.4 Å². The van der Waals surface area contributed by atoms with Crippen LogP contribution in [0.15, 0.2) is 38.9 Å². The van der Waals surface area contributed by atoms with Crippen molar-refractivity contribution in [1.82, 2.24) is 20.2 Å². The number of anilines is 1. The van der Waals surface area contributed by atoms with E-state index in [0.717, 1.165) is 16.2 Å². The van der Waals surface area contributed by atoms with Crippen molar-refractivity contribution >= 4 is 64.1 Å². The number of pyridine rings is 1. The number of nitrogens with zero attached hydrogens (tertiary/aromatic N) is 4. The summed E-state index contributed by atoms with van der Waals surface area (Å²) in [6.07, 6.45) is 2.07. The summed E-state index contributed by atoms with van der Waals surface area (Å²) in [4.78, 5) is 88.8. The zero-order valence-electron chi connectivity index (χ0n) is 28.6. The summed E-state index contributed by atoms with van der Waals surface area (Å²) in [6, 6.07) is 0.193. The van der Waals surface area contributed by atoms with Crippen molar-refractivity contribution in [3.05, 3.63) is 50.5 Å². The van der Waals surface area contributed by atoms with Crippen LogP contribution in [0.4, 0.5) is 5.13 Å². The van der Waals surface area contributed by atoms with Crippen LogP contribution >= 0.6 is 23.1 Å². The fourth-order valence-electron chi connectivity index (χ4n) is 4.99. The molecule has 4 heterocycles. The molecule has 3 amide bonds. The number of H-pyrrole nitrogens is 1. The lowest BCUT2D eigenvalue weighted by Crippen LogP contribution is -2.71. The standard InChI is InChI=1S/C31H39N7O10S2/c1-30(2,3)47-28(46)31(4,5)48-36-21(18-14-50-29(34-18)33-15-39)24(42)35-22-25(43)37-23(27(44)45)16(13-49-26(22)37)12-38(6,7)9-8-17-10-19(40)20(41)11-32-17/h10-11,14-15,22,26H,8-9,12-13H2,1-7H3,(H4-,32,33,34,35,36,39,40,41,42,44,45)/p+1. The summed E-state index contributed by atoms with van der Waals surface area (Å²) < 4.78 is 5.72. The van der Waals surface area contributed by atoms with Crippen LogP contribution in [-0.4, -0.2) is 121 Å². The largest absolute Gasteiger partial charge is 0.503 e. The van der Waals surface area contributed by atoms with Gasteiger partial charge < -0.3 is 39.9 Å². The number of esters is 1. The van der Waals surface area contributed by atoms with Gasteiger partial charge in [0.25, 0.3) is 11.8 Å². The van der Waals surface area contributed by atoms with E-state index in [1.807, 2.05) is 14.1 Å². The van der Waals surface area contributed by atoms with Crippen molar-refractivity contribution in [2.75, 3.05) is 38.3 Å². The smallest absolute Gasteiger partial charge is 0.353 e. The molecule has 1 fully saturated rings. The van der Waals surface area contributed by atoms with Crippen LogP contribution in [0.2, 0.25) is 0 Å². The number of likely N-dealkylation sites (N-methyl/N-ethyl adjacent to an activating group) is 1. The number of rotatable bonds is 14. The van der Waals surface area contributed by atoms with Crippen LogP contribution in [-0.2, 0) is 40.0 Å². The van der Waals surface area contributed by atoms with Gasteiger partial charge >= 0.3 is 11.9 Å². The first-order valence-corrected chi connectivity index (χ1v) is 17.2. The topological polar surface area (TPSA) is 230 Å². The number of nitrogens with one attached hydrogen (secondary N) is 3. The van der Waals surface area contributed by atoms with Gasteiger partial charge in [0.1, 0.15) is 35.0 Å². The number of aliphatic carboxylic acids is 1. The van der Waals surface area contributed by atoms with E-state index < -0.39 is 57.5 Å². The van der Waals surface area contributed by atoms with Crippen molar-refractivity contribution in [3.8, 4) is 5.75 Å². The normalized spacial score (nSPS) is 18.2. The molecule has 0 bridgehead atoms. The van der Waals surface area contributed by atoms with Crippen LogP contribution in [0.25, 0.3) is 0 Å². The van der Waals surface area contributed by atoms with Crippen molar-refractivity contribution in [2.24, 2.45) is 5.16 Å². The number of quaternary nitrogens is 1. The lowest BCUT2D eigenvalue weighted by Gasteiger charge is -2.49. The number of ether oxygens (including phenoxy) is 1. The van der Waals surface area contributed by atoms with Gasteiger partial charge in [0.05, 0.1) is 20.6 Å². The number of β-lactam (4-membered cyclic amide) rings is 1. The first-order valence-electron chi connectivity index (χ1n) is 15.3. The van der Waals surface area contributed by atoms with Crippen molar-refractivity contribution in [2.45, 2.75) is 63.7 Å². The summed E-state index contributed by atoms with van der Waals surface area (Å²) in [6.45, 7) is 8.63. The number of aromatic amines is 1. The Labute approximate surface area is 295 Å². The minimum absolute atomic E-state index is 0.0125. The highest BCUT2D eigenvalue weighted by molar-refractivity contribution is 8.00. The number of carboxylic acid groups (broad SMARTS) is 1. The maximum Gasteiger partial charge on any atom is 0.353 e. The summed E-state index contributed by atoms with van der Waals surface area (Å²) in [5, 5.41) is 29.5. The van der Waals surface area contributed by atoms with Gasteiger partial charge in [0.15, 0.2) is 16.6 Å². The molecular formula is C31H40N7O10S2+. The molecule has 0 saturated carbocycles. The molecule has 2 aromatic heterocycles. The Bertz CT molecular complexity index is 1810. The van der Waals surface area contributed by atoms with Crippen molar-refractivity contribution in [1.29, 1.82) is 0 Å². The van der Waals surface area contributed by atoms with E-state index in [1.165, 1.54) is 43.3 Å². The van der Waals surface area contributed by atoms with E-state index in [0.29, 0.717) is 35.1 Å². The second kappa shape index (κ2) is 14.6. The molecule has 0 aromatic carbocycles. The van der Waals surface area contributed by atoms with E-state index in [9.17, 15) is 39.0 Å². The van der Waals surface area contributed by atoms with E-state index in [4.69, 9.17) is 9.57 Å². The van der Waals surface area contributed by atoms with Crippen LogP contribution in [0, 0.1) is 0 Å². The molecule has 0 spiro atoms. The fraction of sp³-hybridized carbons (Fsp3) is 0.484. The Morgan fingerprint density at radius 3 is 2.54 bits per heavy atom. The van der Waals surface area contributed by atoms with E-state index in [-0.39, 0.29) is 34.6 Å². The number of hydrogen-bond donors (Lipinski definition) is 5. The molecule has 0 radical (unpaired) electrons. The van der Waals surface area contributed by atoms with E-state index in [1.54, 1.807) is 20.8 Å². The number of thioether (sulfide) groups is 1. The monoisotopic (exact) mass is 734 g/mol. The average molecular weight is 735 g/mol. The zero-order valence-corrected chi connectivity index (χ0v) is 30.2. The molecule has 5 N–H and O–H groups in total. The van der Waals surface area contributed by atoms with Crippen LogP contribution < -0.4 is 16.1 Å². The van der Waals surface area contributed by atoms with Gasteiger partial charge in [-0.25, -0.2) is 14.6 Å². The Morgan fingerprint density at radius 2 is 1.92 bits per heavy atom. The number of fused-ring (bicyclic) bond motifs is 1. The molecule has 2 aromatic rings. The van der Waals surface area contributed by atoms with Crippen LogP contribution in [0.5, 0.6) is 5.75 Å². The lowest BCUT2D eigenvalue weighted by atomic mass is 10.0. The molecule has 1 saturated heterocycles. The predicted molar refractivity (Wildman–Crippen MR) is 183 cm³/mol. The maximum atomic E-state index is 13.6. The number of thiazole rings is 1. The van der Waals surface area contributed by atoms with Crippen LogP contribution in [0.3, 0.4) is 0 Å². The molecule has 2 aliphatic heterocycles. The lowest BCUT2D eigenvalue weighted by molar-refractivity contribution is -0.885. The highest BCUT2D eigenvalue weighted by Gasteiger charge is 2.55. The summed E-state index contributed by atoms with van der Waals surface area (Å²) in [7, 11) is 3.79. The molecule has 0 aliphatic carbocycles. The number of amides is 3.